The highest BCUT2D eigenvalue weighted by molar-refractivity contribution is 8.21. The topological polar surface area (TPSA) is 83.9 Å². The first-order chi connectivity index (χ1) is 11.0. The molecule has 2 saturated heterocycles. The van der Waals surface area contributed by atoms with Gasteiger partial charge in [-0.05, 0) is 12.1 Å². The third-order valence-electron chi connectivity index (χ3n) is 3.81. The molecular weight excluding hydrogens is 338 g/mol. The van der Waals surface area contributed by atoms with Crippen LogP contribution >= 0.6 is 23.5 Å². The second-order valence-corrected chi connectivity index (χ2v) is 8.53. The van der Waals surface area contributed by atoms with Crippen LogP contribution in [0.3, 0.4) is 0 Å². The van der Waals surface area contributed by atoms with Crippen LogP contribution in [0.4, 0.5) is 4.79 Å². The molecule has 0 saturated carbocycles. The molecule has 0 radical (unpaired) electrons. The average molecular weight is 353 g/mol. The molecule has 0 aromatic heterocycles. The van der Waals surface area contributed by atoms with Gasteiger partial charge in [0.25, 0.3) is 0 Å². The number of hydrogen-bond donors (Lipinski definition) is 1. The number of rotatable bonds is 2. The molecule has 0 unspecified atom stereocenters. The number of amides is 1. The van der Waals surface area contributed by atoms with Crippen molar-refractivity contribution in [2.75, 3.05) is 18.1 Å². The van der Waals surface area contributed by atoms with Crippen molar-refractivity contribution in [1.29, 1.82) is 0 Å². The van der Waals surface area contributed by atoms with Gasteiger partial charge < -0.3 is 9.84 Å². The summed E-state index contributed by atoms with van der Waals surface area (Å²) in [6, 6.07) is 7.20. The zero-order valence-electron chi connectivity index (χ0n) is 12.1. The minimum atomic E-state index is -1.07. The molecule has 2 aliphatic rings. The monoisotopic (exact) mass is 353 g/mol. The predicted octanol–water partition coefficient (Wildman–Crippen LogP) is 2.30. The quantitative estimate of drug-likeness (QED) is 0.645. The van der Waals surface area contributed by atoms with Crippen LogP contribution in [0.25, 0.3) is 0 Å². The van der Waals surface area contributed by atoms with E-state index in [2.05, 4.69) is 0 Å². The summed E-state index contributed by atoms with van der Waals surface area (Å²) in [7, 11) is 0. The number of benzene rings is 1. The number of carboxylic acid groups (broad SMARTS) is 1. The van der Waals surface area contributed by atoms with E-state index in [1.165, 1.54) is 0 Å². The van der Waals surface area contributed by atoms with Crippen molar-refractivity contribution >= 4 is 41.6 Å². The van der Waals surface area contributed by atoms with Crippen molar-refractivity contribution in [3.05, 3.63) is 35.9 Å². The molecule has 1 N–H and O–H groups in total. The second kappa shape index (κ2) is 6.45. The van der Waals surface area contributed by atoms with E-state index < -0.39 is 24.1 Å². The number of hydrogen-bond acceptors (Lipinski definition) is 6. The zero-order chi connectivity index (χ0) is 16.4. The van der Waals surface area contributed by atoms with Gasteiger partial charge in [-0.3, -0.25) is 4.90 Å². The van der Waals surface area contributed by atoms with Gasteiger partial charge in [-0.25, -0.2) is 14.4 Å². The van der Waals surface area contributed by atoms with Gasteiger partial charge in [-0.15, -0.1) is 23.5 Å². The highest BCUT2D eigenvalue weighted by Gasteiger charge is 2.52. The molecule has 1 aromatic rings. The Kier molecular flexibility index (Phi) is 4.54. The van der Waals surface area contributed by atoms with Gasteiger partial charge in [0.05, 0.1) is 9.64 Å². The molecule has 23 heavy (non-hydrogen) atoms. The molecule has 6 nitrogen and oxygen atoms in total. The van der Waals surface area contributed by atoms with Crippen molar-refractivity contribution in [2.45, 2.75) is 16.5 Å². The van der Waals surface area contributed by atoms with E-state index >= 15 is 0 Å². The number of ether oxygens (including phenoxy) is 1. The zero-order valence-corrected chi connectivity index (χ0v) is 13.8. The maximum atomic E-state index is 12.3. The van der Waals surface area contributed by atoms with Gasteiger partial charge in [-0.1, -0.05) is 18.2 Å². The fraction of sp³-hybridized carbons (Fsp3) is 0.400. The van der Waals surface area contributed by atoms with E-state index in [0.717, 1.165) is 16.4 Å². The highest BCUT2D eigenvalue weighted by Crippen LogP contribution is 2.51. The first-order valence-corrected chi connectivity index (χ1v) is 9.06. The van der Waals surface area contributed by atoms with Crippen LogP contribution in [-0.2, 0) is 9.53 Å². The summed E-state index contributed by atoms with van der Waals surface area (Å²) in [5.74, 6) is 0.0255. The van der Waals surface area contributed by atoms with Crippen molar-refractivity contribution in [3.63, 3.8) is 0 Å². The Bertz CT molecular complexity index is 630. The van der Waals surface area contributed by atoms with E-state index in [-0.39, 0.29) is 16.2 Å². The SMILES string of the molecule is O=C(OC(=O)N1CC2(C[C@H]1C(=O)O)SCCS2)c1ccccc1. The number of carbonyl (C=O) groups excluding carboxylic acids is 2. The first kappa shape index (κ1) is 16.2. The van der Waals surface area contributed by atoms with Crippen molar-refractivity contribution < 1.29 is 24.2 Å². The van der Waals surface area contributed by atoms with Gasteiger partial charge in [0.1, 0.15) is 6.04 Å². The summed E-state index contributed by atoms with van der Waals surface area (Å²) in [6.07, 6.45) is -0.525. The van der Waals surface area contributed by atoms with Gasteiger partial charge >= 0.3 is 18.0 Å². The number of thioether (sulfide) groups is 2. The van der Waals surface area contributed by atoms with Crippen LogP contribution in [0.1, 0.15) is 16.8 Å². The van der Waals surface area contributed by atoms with E-state index in [4.69, 9.17) is 4.74 Å². The van der Waals surface area contributed by atoms with Gasteiger partial charge in [0.15, 0.2) is 0 Å². The maximum absolute atomic E-state index is 12.3. The lowest BCUT2D eigenvalue weighted by atomic mass is 10.2. The smallest absolute Gasteiger partial charge is 0.418 e. The Hall–Kier alpha value is -1.67. The summed E-state index contributed by atoms with van der Waals surface area (Å²) >= 11 is 3.35. The van der Waals surface area contributed by atoms with Crippen LogP contribution in [-0.4, -0.2) is 56.2 Å². The summed E-state index contributed by atoms with van der Waals surface area (Å²) in [4.78, 5) is 36.9. The largest absolute Gasteiger partial charge is 0.480 e. The third-order valence-corrected chi connectivity index (χ3v) is 7.24. The second-order valence-electron chi connectivity index (χ2n) is 5.32. The van der Waals surface area contributed by atoms with Crippen LogP contribution < -0.4 is 0 Å². The maximum Gasteiger partial charge on any atom is 0.418 e. The lowest BCUT2D eigenvalue weighted by molar-refractivity contribution is -0.141. The molecule has 2 aliphatic heterocycles. The molecule has 3 rings (SSSR count). The third kappa shape index (κ3) is 3.32. The number of likely N-dealkylation sites (tertiary alicyclic amines) is 1. The fourth-order valence-electron chi connectivity index (χ4n) is 2.73. The predicted molar refractivity (Wildman–Crippen MR) is 87.6 cm³/mol. The molecule has 1 atom stereocenters. The lowest BCUT2D eigenvalue weighted by Crippen LogP contribution is -2.41. The summed E-state index contributed by atoms with van der Waals surface area (Å²) in [5.41, 5.74) is 0.256. The van der Waals surface area contributed by atoms with Gasteiger partial charge in [-0.2, -0.15) is 0 Å². The minimum Gasteiger partial charge on any atom is -0.480 e. The highest BCUT2D eigenvalue weighted by atomic mass is 32.2. The molecule has 122 valence electrons. The van der Waals surface area contributed by atoms with Crippen LogP contribution in [0.2, 0.25) is 0 Å². The Morgan fingerprint density at radius 3 is 2.43 bits per heavy atom. The van der Waals surface area contributed by atoms with Gasteiger partial charge in [0.2, 0.25) is 0 Å². The fourth-order valence-corrected chi connectivity index (χ4v) is 5.98. The van der Waals surface area contributed by atoms with Crippen molar-refractivity contribution in [1.82, 2.24) is 4.90 Å². The molecule has 0 bridgehead atoms. The molecule has 1 spiro atoms. The number of aliphatic carboxylic acids is 1. The van der Waals surface area contributed by atoms with Crippen LogP contribution in [0.5, 0.6) is 0 Å². The van der Waals surface area contributed by atoms with Gasteiger partial charge in [0, 0.05) is 24.5 Å². The molecule has 1 amide bonds. The Balaban J connectivity index is 1.72. The van der Waals surface area contributed by atoms with E-state index in [0.29, 0.717) is 6.42 Å². The van der Waals surface area contributed by atoms with Crippen molar-refractivity contribution in [3.8, 4) is 0 Å². The lowest BCUT2D eigenvalue weighted by Gasteiger charge is -2.21. The summed E-state index contributed by atoms with van der Waals surface area (Å²) < 4.78 is 4.58. The normalized spacial score (nSPS) is 22.3. The molecule has 0 aliphatic carbocycles. The number of carbonyl (C=O) groups is 3. The Morgan fingerprint density at radius 2 is 1.83 bits per heavy atom. The Morgan fingerprint density at radius 1 is 1.17 bits per heavy atom. The first-order valence-electron chi connectivity index (χ1n) is 7.09. The number of nitrogens with zero attached hydrogens (tertiary/aromatic N) is 1. The summed E-state index contributed by atoms with van der Waals surface area (Å²) in [5, 5.41) is 9.37. The number of esters is 1. The molecule has 1 aromatic carbocycles. The molecular formula is C15H15NO5S2. The van der Waals surface area contributed by atoms with E-state index in [1.807, 2.05) is 0 Å². The summed E-state index contributed by atoms with van der Waals surface area (Å²) in [6.45, 7) is 0.278. The molecule has 8 heteroatoms. The standard InChI is InChI=1S/C15H15NO5S2/c17-12(18)11-8-15(22-6-7-23-15)9-16(11)14(20)21-13(19)10-4-2-1-3-5-10/h1-5,11H,6-9H2,(H,17,18)/t11-/m0/s1. The van der Waals surface area contributed by atoms with E-state index in [9.17, 15) is 19.5 Å². The Labute approximate surface area is 141 Å². The average Bonchev–Trinajstić information content (AvgIpc) is 3.16. The number of carboxylic acids is 1. The minimum absolute atomic E-state index is 0.256. The van der Waals surface area contributed by atoms with Crippen LogP contribution in [0, 0.1) is 0 Å². The molecule has 2 heterocycles. The van der Waals surface area contributed by atoms with E-state index in [1.54, 1.807) is 53.9 Å². The van der Waals surface area contributed by atoms with Crippen LogP contribution in [0.15, 0.2) is 30.3 Å². The molecule has 2 fully saturated rings. The van der Waals surface area contributed by atoms with Crippen molar-refractivity contribution in [2.24, 2.45) is 0 Å².